The van der Waals surface area contributed by atoms with E-state index in [1.165, 1.54) is 17.1 Å². The lowest BCUT2D eigenvalue weighted by Crippen LogP contribution is -2.34. The topological polar surface area (TPSA) is 84.7 Å². The molecule has 0 unspecified atom stereocenters. The van der Waals surface area contributed by atoms with E-state index in [4.69, 9.17) is 9.84 Å². The van der Waals surface area contributed by atoms with Crippen LogP contribution in [0.1, 0.15) is 6.42 Å². The van der Waals surface area contributed by atoms with Gasteiger partial charge in [0.05, 0.1) is 18.9 Å². The Morgan fingerprint density at radius 1 is 1.50 bits per heavy atom. The van der Waals surface area contributed by atoms with Crippen LogP contribution in [0, 0.1) is 0 Å². The van der Waals surface area contributed by atoms with E-state index in [1.807, 2.05) is 0 Å². The van der Waals surface area contributed by atoms with Gasteiger partial charge < -0.3 is 14.7 Å². The zero-order chi connectivity index (χ0) is 14.8. The third-order valence-corrected chi connectivity index (χ3v) is 2.79. The van der Waals surface area contributed by atoms with Crippen LogP contribution in [0.25, 0.3) is 0 Å². The molecule has 0 radical (unpaired) electrons. The predicted molar refractivity (Wildman–Crippen MR) is 61.5 cm³/mol. The summed E-state index contributed by atoms with van der Waals surface area (Å²) in [4.78, 5) is 23.2. The summed E-state index contributed by atoms with van der Waals surface area (Å²) in [7, 11) is 0. The molecule has 1 aromatic rings. The number of carbonyl (C=O) groups excluding carboxylic acids is 1. The number of amides is 1. The van der Waals surface area contributed by atoms with Crippen LogP contribution >= 0.6 is 0 Å². The smallest absolute Gasteiger partial charge is 0.341 e. The number of hydrogen-bond acceptors (Lipinski definition) is 4. The Balaban J connectivity index is 1.87. The van der Waals surface area contributed by atoms with Crippen molar-refractivity contribution in [2.75, 3.05) is 19.7 Å². The zero-order valence-electron chi connectivity index (χ0n) is 10.5. The third-order valence-electron chi connectivity index (χ3n) is 2.79. The number of carboxylic acid groups (broad SMARTS) is 1. The molecular formula is C11H13F2N3O4. The highest BCUT2D eigenvalue weighted by Crippen LogP contribution is 2.26. The number of nitrogens with zero attached hydrogens (tertiary/aromatic N) is 3. The van der Waals surface area contributed by atoms with E-state index in [0.29, 0.717) is 0 Å². The van der Waals surface area contributed by atoms with E-state index in [2.05, 4.69) is 5.10 Å². The van der Waals surface area contributed by atoms with Crippen molar-refractivity contribution in [1.82, 2.24) is 14.7 Å². The molecule has 2 rings (SSSR count). The van der Waals surface area contributed by atoms with Crippen molar-refractivity contribution in [2.24, 2.45) is 0 Å². The standard InChI is InChI=1S/C11H13F2N3O4/c12-11(13)1-2-15(7-11)9(17)5-16-4-8(3-14-16)20-6-10(18)19/h3-4H,1-2,5-7H2,(H,18,19). The van der Waals surface area contributed by atoms with Gasteiger partial charge in [-0.05, 0) is 0 Å². The molecule has 0 aromatic carbocycles. The molecule has 1 N–H and O–H groups in total. The lowest BCUT2D eigenvalue weighted by Gasteiger charge is -2.15. The van der Waals surface area contributed by atoms with Crippen molar-refractivity contribution in [3.63, 3.8) is 0 Å². The normalized spacial score (nSPS) is 17.2. The van der Waals surface area contributed by atoms with Crippen molar-refractivity contribution in [3.05, 3.63) is 12.4 Å². The number of likely N-dealkylation sites (tertiary alicyclic amines) is 1. The Bertz CT molecular complexity index is 518. The highest BCUT2D eigenvalue weighted by molar-refractivity contribution is 5.76. The van der Waals surface area contributed by atoms with Crippen LogP contribution in [0.5, 0.6) is 5.75 Å². The molecule has 2 heterocycles. The quantitative estimate of drug-likeness (QED) is 0.838. The van der Waals surface area contributed by atoms with Gasteiger partial charge in [0.25, 0.3) is 5.92 Å². The number of halogens is 2. The fourth-order valence-corrected chi connectivity index (χ4v) is 1.84. The van der Waals surface area contributed by atoms with Gasteiger partial charge in [0, 0.05) is 13.0 Å². The Morgan fingerprint density at radius 2 is 2.25 bits per heavy atom. The Kier molecular flexibility index (Phi) is 3.86. The minimum absolute atomic E-state index is 0.0233. The predicted octanol–water partition coefficient (Wildman–Crippen LogP) is 0.214. The first-order chi connectivity index (χ1) is 9.35. The molecule has 110 valence electrons. The Morgan fingerprint density at radius 3 is 2.85 bits per heavy atom. The summed E-state index contributed by atoms with van der Waals surface area (Å²) < 4.78 is 32.0. The highest BCUT2D eigenvalue weighted by Gasteiger charge is 2.40. The van der Waals surface area contributed by atoms with Crippen molar-refractivity contribution < 1.29 is 28.2 Å². The number of aliphatic carboxylic acids is 1. The maximum atomic E-state index is 13.0. The average Bonchev–Trinajstić information content (AvgIpc) is 2.93. The van der Waals surface area contributed by atoms with Gasteiger partial charge >= 0.3 is 5.97 Å². The van der Waals surface area contributed by atoms with Crippen LogP contribution in [0.2, 0.25) is 0 Å². The maximum Gasteiger partial charge on any atom is 0.341 e. The van der Waals surface area contributed by atoms with Crippen molar-refractivity contribution in [2.45, 2.75) is 18.9 Å². The summed E-state index contributed by atoms with van der Waals surface area (Å²) in [6.45, 7) is -1.25. The minimum atomic E-state index is -2.82. The largest absolute Gasteiger partial charge is 0.479 e. The number of rotatable bonds is 5. The van der Waals surface area contributed by atoms with Crippen molar-refractivity contribution >= 4 is 11.9 Å². The fraction of sp³-hybridized carbons (Fsp3) is 0.545. The molecule has 1 aromatic heterocycles. The summed E-state index contributed by atoms with van der Waals surface area (Å²) in [6, 6.07) is 0. The third kappa shape index (κ3) is 3.65. The van der Waals surface area contributed by atoms with Gasteiger partial charge in [-0.15, -0.1) is 0 Å². The first-order valence-electron chi connectivity index (χ1n) is 5.88. The van der Waals surface area contributed by atoms with Crippen molar-refractivity contribution in [1.29, 1.82) is 0 Å². The van der Waals surface area contributed by atoms with E-state index in [-0.39, 0.29) is 25.3 Å². The summed E-state index contributed by atoms with van der Waals surface area (Å²) in [5, 5.41) is 12.2. The van der Waals surface area contributed by atoms with Crippen LogP contribution in [0.15, 0.2) is 12.4 Å². The van der Waals surface area contributed by atoms with Gasteiger partial charge in [0.15, 0.2) is 12.4 Å². The molecule has 1 saturated heterocycles. The molecule has 1 aliphatic heterocycles. The van der Waals surface area contributed by atoms with Gasteiger partial charge in [-0.2, -0.15) is 5.10 Å². The van der Waals surface area contributed by atoms with Crippen LogP contribution in [-0.2, 0) is 16.1 Å². The molecule has 0 aliphatic carbocycles. The van der Waals surface area contributed by atoms with Crippen LogP contribution in [-0.4, -0.2) is 57.3 Å². The summed E-state index contributed by atoms with van der Waals surface area (Å²) in [6.07, 6.45) is 2.27. The molecule has 0 atom stereocenters. The molecule has 20 heavy (non-hydrogen) atoms. The van der Waals surface area contributed by atoms with E-state index in [9.17, 15) is 18.4 Å². The van der Waals surface area contributed by atoms with Crippen LogP contribution in [0.4, 0.5) is 8.78 Å². The van der Waals surface area contributed by atoms with Crippen molar-refractivity contribution in [3.8, 4) is 5.75 Å². The second-order valence-electron chi connectivity index (χ2n) is 4.48. The first kappa shape index (κ1) is 14.2. The first-order valence-corrected chi connectivity index (χ1v) is 5.88. The van der Waals surface area contributed by atoms with Crippen LogP contribution in [0.3, 0.4) is 0 Å². The molecule has 1 amide bonds. The summed E-state index contributed by atoms with van der Waals surface area (Å²) in [5.41, 5.74) is 0. The number of carbonyl (C=O) groups is 2. The molecule has 0 spiro atoms. The van der Waals surface area contributed by atoms with E-state index < -0.39 is 31.0 Å². The molecule has 7 nitrogen and oxygen atoms in total. The number of hydrogen-bond donors (Lipinski definition) is 1. The van der Waals surface area contributed by atoms with Crippen LogP contribution < -0.4 is 4.74 Å². The van der Waals surface area contributed by atoms with Gasteiger partial charge in [-0.1, -0.05) is 0 Å². The molecule has 0 bridgehead atoms. The Labute approximate surface area is 112 Å². The molecule has 1 fully saturated rings. The minimum Gasteiger partial charge on any atom is -0.479 e. The highest BCUT2D eigenvalue weighted by atomic mass is 19.3. The monoisotopic (exact) mass is 289 g/mol. The number of ether oxygens (including phenoxy) is 1. The van der Waals surface area contributed by atoms with Gasteiger partial charge in [0.1, 0.15) is 6.54 Å². The van der Waals surface area contributed by atoms with Gasteiger partial charge in [-0.25, -0.2) is 13.6 Å². The number of alkyl halides is 2. The van der Waals surface area contributed by atoms with E-state index in [1.54, 1.807) is 0 Å². The maximum absolute atomic E-state index is 13.0. The second-order valence-corrected chi connectivity index (χ2v) is 4.48. The second kappa shape index (κ2) is 5.43. The molecular weight excluding hydrogens is 276 g/mol. The van der Waals surface area contributed by atoms with Gasteiger partial charge in [0.2, 0.25) is 5.91 Å². The Hall–Kier alpha value is -2.19. The van der Waals surface area contributed by atoms with E-state index >= 15 is 0 Å². The number of aromatic nitrogens is 2. The lowest BCUT2D eigenvalue weighted by molar-refractivity contribution is -0.139. The zero-order valence-corrected chi connectivity index (χ0v) is 10.5. The SMILES string of the molecule is O=C(O)COc1cnn(CC(=O)N2CCC(F)(F)C2)c1. The average molecular weight is 289 g/mol. The summed E-state index contributed by atoms with van der Waals surface area (Å²) >= 11 is 0. The summed E-state index contributed by atoms with van der Waals surface area (Å²) in [5.74, 6) is -4.22. The van der Waals surface area contributed by atoms with Gasteiger partial charge in [-0.3, -0.25) is 9.48 Å². The molecule has 1 aliphatic rings. The van der Waals surface area contributed by atoms with E-state index in [0.717, 1.165) is 4.90 Å². The molecule has 9 heteroatoms. The number of carboxylic acids is 1. The lowest BCUT2D eigenvalue weighted by atomic mass is 10.3. The molecule has 0 saturated carbocycles. The fourth-order valence-electron chi connectivity index (χ4n) is 1.84.